The van der Waals surface area contributed by atoms with Gasteiger partial charge in [-0.3, -0.25) is 5.32 Å². The van der Waals surface area contributed by atoms with Gasteiger partial charge in [0, 0.05) is 6.21 Å². The maximum Gasteiger partial charge on any atom is 0.412 e. The van der Waals surface area contributed by atoms with E-state index in [-0.39, 0.29) is 18.0 Å². The molecule has 0 aromatic rings. The number of hydrogen-bond acceptors (Lipinski definition) is 4. The van der Waals surface area contributed by atoms with Crippen LogP contribution in [0.2, 0.25) is 0 Å². The van der Waals surface area contributed by atoms with Gasteiger partial charge in [0.05, 0.1) is 12.2 Å². The number of nitrogens with one attached hydrogen (secondary N) is 1. The Balaban J connectivity index is 4.84. The van der Waals surface area contributed by atoms with Crippen molar-refractivity contribution in [3.8, 4) is 6.07 Å². The van der Waals surface area contributed by atoms with Gasteiger partial charge < -0.3 is 4.74 Å². The lowest BCUT2D eigenvalue weighted by molar-refractivity contribution is 0.155. The van der Waals surface area contributed by atoms with Crippen LogP contribution in [0.15, 0.2) is 29.0 Å². The van der Waals surface area contributed by atoms with E-state index in [2.05, 4.69) is 21.6 Å². The molecule has 0 spiro atoms. The molecule has 1 amide bonds. The van der Waals surface area contributed by atoms with Crippen molar-refractivity contribution in [3.63, 3.8) is 0 Å². The first kappa shape index (κ1) is 12.9. The minimum atomic E-state index is -0.646. The Hall–Kier alpha value is -2.09. The zero-order chi connectivity index (χ0) is 11.7. The highest BCUT2D eigenvalue weighted by Crippen LogP contribution is 2.03. The summed E-state index contributed by atoms with van der Waals surface area (Å²) in [6, 6.07) is 1.86. The lowest BCUT2D eigenvalue weighted by Gasteiger charge is -2.05. The van der Waals surface area contributed by atoms with E-state index in [4.69, 9.17) is 5.26 Å². The Morgan fingerprint density at radius 3 is 2.80 bits per heavy atom. The molecule has 80 valence electrons. The molecule has 0 aliphatic heterocycles. The molecule has 0 saturated carbocycles. The fraction of sp³-hybridized carbons (Fsp3) is 0.300. The van der Waals surface area contributed by atoms with Crippen LogP contribution in [0, 0.1) is 11.3 Å². The molecule has 0 aliphatic rings. The van der Waals surface area contributed by atoms with Gasteiger partial charge in [-0.05, 0) is 19.9 Å². The summed E-state index contributed by atoms with van der Waals surface area (Å²) in [7, 11) is 0. The quantitative estimate of drug-likeness (QED) is 0.433. The predicted octanol–water partition coefficient (Wildman–Crippen LogP) is 1.74. The topological polar surface area (TPSA) is 74.5 Å². The van der Waals surface area contributed by atoms with Gasteiger partial charge in [0.2, 0.25) is 0 Å². The fourth-order valence-electron chi connectivity index (χ4n) is 0.757. The van der Waals surface area contributed by atoms with Gasteiger partial charge in [-0.15, -0.1) is 0 Å². The number of ether oxygens (including phenoxy) is 1. The van der Waals surface area contributed by atoms with Crippen LogP contribution < -0.4 is 5.32 Å². The van der Waals surface area contributed by atoms with Crippen LogP contribution in [0.5, 0.6) is 0 Å². The van der Waals surface area contributed by atoms with Crippen molar-refractivity contribution in [1.29, 1.82) is 5.26 Å². The number of aliphatic imine (C=N–C) groups is 1. The molecule has 0 aliphatic carbocycles. The standard InChI is InChI=1S/C10H13N3O2/c1-4-8(7-11)9(12-5-2)13-10(14)15-6-3/h4-5H,1,6H2,2-3H3,(H,13,14)/b9-8-,12-5-. The molecule has 0 aromatic carbocycles. The summed E-state index contributed by atoms with van der Waals surface area (Å²) in [5.41, 5.74) is 0.182. The van der Waals surface area contributed by atoms with Gasteiger partial charge in [-0.1, -0.05) is 6.58 Å². The van der Waals surface area contributed by atoms with Crippen molar-refractivity contribution in [3.05, 3.63) is 24.0 Å². The van der Waals surface area contributed by atoms with Crippen LogP contribution in [0.1, 0.15) is 13.8 Å². The van der Waals surface area contributed by atoms with Crippen LogP contribution in [0.25, 0.3) is 0 Å². The maximum absolute atomic E-state index is 11.1. The maximum atomic E-state index is 11.1. The minimum absolute atomic E-state index is 0.133. The number of nitrogens with zero attached hydrogens (tertiary/aromatic N) is 2. The van der Waals surface area contributed by atoms with E-state index in [9.17, 15) is 4.79 Å². The molecule has 0 bridgehead atoms. The number of alkyl carbamates (subject to hydrolysis) is 1. The average molecular weight is 207 g/mol. The Morgan fingerprint density at radius 2 is 2.40 bits per heavy atom. The van der Waals surface area contributed by atoms with Crippen molar-refractivity contribution in [2.75, 3.05) is 6.61 Å². The average Bonchev–Trinajstić information content (AvgIpc) is 2.20. The second-order valence-corrected chi connectivity index (χ2v) is 2.31. The summed E-state index contributed by atoms with van der Waals surface area (Å²) in [5.74, 6) is 0.133. The second kappa shape index (κ2) is 7.33. The third-order valence-corrected chi connectivity index (χ3v) is 1.33. The largest absolute Gasteiger partial charge is 0.450 e. The number of carbonyl (C=O) groups excluding carboxylic acids is 1. The third kappa shape index (κ3) is 4.62. The summed E-state index contributed by atoms with van der Waals surface area (Å²) < 4.78 is 4.66. The normalized spacial score (nSPS) is 11.5. The first-order valence-corrected chi connectivity index (χ1v) is 4.38. The minimum Gasteiger partial charge on any atom is -0.450 e. The van der Waals surface area contributed by atoms with Crippen molar-refractivity contribution >= 4 is 12.3 Å². The Kier molecular flexibility index (Phi) is 6.31. The van der Waals surface area contributed by atoms with Crippen LogP contribution in [-0.2, 0) is 4.74 Å². The highest BCUT2D eigenvalue weighted by Gasteiger charge is 2.07. The van der Waals surface area contributed by atoms with E-state index in [0.29, 0.717) is 0 Å². The second-order valence-electron chi connectivity index (χ2n) is 2.31. The summed E-state index contributed by atoms with van der Waals surface area (Å²) in [6.07, 6.45) is 2.13. The van der Waals surface area contributed by atoms with E-state index >= 15 is 0 Å². The molecular formula is C10H13N3O2. The molecule has 0 fully saturated rings. The van der Waals surface area contributed by atoms with E-state index in [0.717, 1.165) is 0 Å². The SMILES string of the molecule is C=C/C(C#N)=C(\N=C/C)NC(=O)OCC. The van der Waals surface area contributed by atoms with Gasteiger partial charge in [0.25, 0.3) is 0 Å². The zero-order valence-corrected chi connectivity index (χ0v) is 8.78. The number of allylic oxidation sites excluding steroid dienone is 2. The van der Waals surface area contributed by atoms with E-state index in [1.807, 2.05) is 6.07 Å². The summed E-state index contributed by atoms with van der Waals surface area (Å²) in [6.45, 7) is 7.05. The molecule has 0 atom stereocenters. The number of rotatable bonds is 4. The lowest BCUT2D eigenvalue weighted by Crippen LogP contribution is -2.23. The summed E-state index contributed by atoms with van der Waals surface area (Å²) in [5, 5.41) is 11.1. The predicted molar refractivity (Wildman–Crippen MR) is 57.2 cm³/mol. The molecule has 1 N–H and O–H groups in total. The Morgan fingerprint density at radius 1 is 1.73 bits per heavy atom. The zero-order valence-electron chi connectivity index (χ0n) is 8.78. The van der Waals surface area contributed by atoms with E-state index < -0.39 is 6.09 Å². The van der Waals surface area contributed by atoms with Gasteiger partial charge in [0.15, 0.2) is 5.82 Å². The van der Waals surface area contributed by atoms with Crippen LogP contribution >= 0.6 is 0 Å². The summed E-state index contributed by atoms with van der Waals surface area (Å²) in [4.78, 5) is 14.9. The van der Waals surface area contributed by atoms with Crippen molar-refractivity contribution in [2.45, 2.75) is 13.8 Å². The lowest BCUT2D eigenvalue weighted by atomic mass is 10.3. The molecule has 0 radical (unpaired) electrons. The molecule has 0 rings (SSSR count). The van der Waals surface area contributed by atoms with Crippen LogP contribution in [0.3, 0.4) is 0 Å². The number of carbonyl (C=O) groups is 1. The van der Waals surface area contributed by atoms with Crippen molar-refractivity contribution in [1.82, 2.24) is 5.32 Å². The summed E-state index contributed by atoms with van der Waals surface area (Å²) >= 11 is 0. The molecule has 0 unspecified atom stereocenters. The highest BCUT2D eigenvalue weighted by molar-refractivity contribution is 5.71. The molecular weight excluding hydrogens is 194 g/mol. The highest BCUT2D eigenvalue weighted by atomic mass is 16.5. The van der Waals surface area contributed by atoms with Gasteiger partial charge in [-0.2, -0.15) is 5.26 Å². The molecule has 15 heavy (non-hydrogen) atoms. The van der Waals surface area contributed by atoms with Crippen LogP contribution in [0.4, 0.5) is 4.79 Å². The molecule has 5 nitrogen and oxygen atoms in total. The first-order chi connectivity index (χ1) is 7.19. The first-order valence-electron chi connectivity index (χ1n) is 4.38. The van der Waals surface area contributed by atoms with Crippen molar-refractivity contribution < 1.29 is 9.53 Å². The van der Waals surface area contributed by atoms with Gasteiger partial charge in [0.1, 0.15) is 6.07 Å². The smallest absolute Gasteiger partial charge is 0.412 e. The molecule has 5 heteroatoms. The fourth-order valence-corrected chi connectivity index (χ4v) is 0.757. The van der Waals surface area contributed by atoms with Gasteiger partial charge in [-0.25, -0.2) is 9.79 Å². The van der Waals surface area contributed by atoms with Gasteiger partial charge >= 0.3 is 6.09 Å². The number of amides is 1. The number of nitriles is 1. The van der Waals surface area contributed by atoms with Crippen molar-refractivity contribution in [2.24, 2.45) is 4.99 Å². The molecule has 0 aromatic heterocycles. The molecule has 0 heterocycles. The van der Waals surface area contributed by atoms with E-state index in [1.165, 1.54) is 12.3 Å². The van der Waals surface area contributed by atoms with E-state index in [1.54, 1.807) is 13.8 Å². The van der Waals surface area contributed by atoms with Crippen LogP contribution in [-0.4, -0.2) is 18.9 Å². The molecule has 0 saturated heterocycles. The monoisotopic (exact) mass is 207 g/mol. The number of hydrogen-bond donors (Lipinski definition) is 1. The Bertz CT molecular complexity index is 337. The Labute approximate surface area is 88.8 Å². The third-order valence-electron chi connectivity index (χ3n) is 1.33.